The lowest BCUT2D eigenvalue weighted by molar-refractivity contribution is -0.108. The normalized spacial score (nSPS) is 21.2. The number of piperazine rings is 1. The highest BCUT2D eigenvalue weighted by Gasteiger charge is 2.32. The zero-order chi connectivity index (χ0) is 22.8. The van der Waals surface area contributed by atoms with Crippen LogP contribution in [-0.2, 0) is 11.2 Å². The fourth-order valence-electron chi connectivity index (χ4n) is 4.91. The molecule has 4 rings (SSSR count). The van der Waals surface area contributed by atoms with Crippen molar-refractivity contribution in [1.29, 1.82) is 0 Å². The number of hydrogen-bond acceptors (Lipinski definition) is 6. The lowest BCUT2D eigenvalue weighted by atomic mass is 10.1. The molecule has 170 valence electrons. The van der Waals surface area contributed by atoms with Crippen molar-refractivity contribution >= 4 is 23.8 Å². The van der Waals surface area contributed by atoms with E-state index in [1.54, 1.807) is 0 Å². The SMILES string of the molecule is CCc1cnc(N2CCN(C(=O)c3ccc(N4C(C)CCC4C=O)nc3C)CC2)c(C)c1. The van der Waals surface area contributed by atoms with Gasteiger partial charge < -0.3 is 19.5 Å². The fourth-order valence-corrected chi connectivity index (χ4v) is 4.91. The van der Waals surface area contributed by atoms with E-state index in [1.165, 1.54) is 11.1 Å². The summed E-state index contributed by atoms with van der Waals surface area (Å²) in [6.07, 6.45) is 5.77. The van der Waals surface area contributed by atoms with E-state index in [4.69, 9.17) is 4.98 Å². The zero-order valence-corrected chi connectivity index (χ0v) is 19.5. The Kier molecular flexibility index (Phi) is 6.44. The summed E-state index contributed by atoms with van der Waals surface area (Å²) >= 11 is 0. The second-order valence-electron chi connectivity index (χ2n) is 8.96. The molecule has 2 aliphatic heterocycles. The molecule has 2 saturated heterocycles. The molecule has 0 aromatic carbocycles. The number of aryl methyl sites for hydroxylation is 3. The average Bonchev–Trinajstić information content (AvgIpc) is 3.19. The molecule has 7 heteroatoms. The number of rotatable bonds is 5. The van der Waals surface area contributed by atoms with E-state index in [0.717, 1.165) is 50.3 Å². The van der Waals surface area contributed by atoms with E-state index in [9.17, 15) is 9.59 Å². The summed E-state index contributed by atoms with van der Waals surface area (Å²) < 4.78 is 0. The maximum Gasteiger partial charge on any atom is 0.255 e. The van der Waals surface area contributed by atoms with Gasteiger partial charge in [0, 0.05) is 38.4 Å². The second kappa shape index (κ2) is 9.27. The van der Waals surface area contributed by atoms with Crippen molar-refractivity contribution in [2.45, 2.75) is 59.0 Å². The van der Waals surface area contributed by atoms with Crippen LogP contribution in [0.4, 0.5) is 11.6 Å². The Labute approximate surface area is 190 Å². The largest absolute Gasteiger partial charge is 0.353 e. The molecular weight excluding hydrogens is 402 g/mol. The Hall–Kier alpha value is -2.96. The van der Waals surface area contributed by atoms with Crippen LogP contribution >= 0.6 is 0 Å². The molecule has 2 fully saturated rings. The van der Waals surface area contributed by atoms with Gasteiger partial charge in [-0.05, 0) is 63.3 Å². The van der Waals surface area contributed by atoms with E-state index in [-0.39, 0.29) is 18.0 Å². The first kappa shape index (κ1) is 22.2. The molecule has 0 bridgehead atoms. The Morgan fingerprint density at radius 3 is 2.53 bits per heavy atom. The highest BCUT2D eigenvalue weighted by molar-refractivity contribution is 5.95. The maximum atomic E-state index is 13.2. The van der Waals surface area contributed by atoms with Crippen LogP contribution in [0.3, 0.4) is 0 Å². The van der Waals surface area contributed by atoms with Gasteiger partial charge in [0.15, 0.2) is 0 Å². The molecule has 2 aliphatic rings. The summed E-state index contributed by atoms with van der Waals surface area (Å²) in [5, 5.41) is 0. The minimum absolute atomic E-state index is 0.0219. The third-order valence-corrected chi connectivity index (χ3v) is 6.82. The van der Waals surface area contributed by atoms with Crippen LogP contribution in [0.2, 0.25) is 0 Å². The molecule has 1 amide bonds. The molecular formula is C25H33N5O2. The number of carbonyl (C=O) groups is 2. The molecule has 2 unspecified atom stereocenters. The van der Waals surface area contributed by atoms with Gasteiger partial charge in [-0.25, -0.2) is 9.97 Å². The van der Waals surface area contributed by atoms with Crippen molar-refractivity contribution in [3.05, 3.63) is 46.8 Å². The Balaban J connectivity index is 1.44. The Bertz CT molecular complexity index is 1000. The van der Waals surface area contributed by atoms with Gasteiger partial charge in [-0.3, -0.25) is 4.79 Å². The van der Waals surface area contributed by atoms with Gasteiger partial charge in [-0.15, -0.1) is 0 Å². The predicted octanol–water partition coefficient (Wildman–Crippen LogP) is 3.17. The fraction of sp³-hybridized carbons (Fsp3) is 0.520. The first-order valence-corrected chi connectivity index (χ1v) is 11.6. The first-order chi connectivity index (χ1) is 15.4. The van der Waals surface area contributed by atoms with Crippen molar-refractivity contribution < 1.29 is 9.59 Å². The van der Waals surface area contributed by atoms with E-state index in [2.05, 4.69) is 41.6 Å². The number of nitrogens with zero attached hydrogens (tertiary/aromatic N) is 5. The van der Waals surface area contributed by atoms with Crippen molar-refractivity contribution in [3.63, 3.8) is 0 Å². The zero-order valence-electron chi connectivity index (χ0n) is 19.5. The van der Waals surface area contributed by atoms with E-state index in [1.807, 2.05) is 30.2 Å². The van der Waals surface area contributed by atoms with Gasteiger partial charge in [0.25, 0.3) is 5.91 Å². The van der Waals surface area contributed by atoms with Gasteiger partial charge in [0.05, 0.1) is 17.3 Å². The number of anilines is 2. The summed E-state index contributed by atoms with van der Waals surface area (Å²) in [7, 11) is 0. The third-order valence-electron chi connectivity index (χ3n) is 6.82. The number of aldehydes is 1. The summed E-state index contributed by atoms with van der Waals surface area (Å²) in [5.74, 6) is 1.82. The van der Waals surface area contributed by atoms with Crippen LogP contribution in [0.1, 0.15) is 53.9 Å². The number of hydrogen-bond donors (Lipinski definition) is 0. The van der Waals surface area contributed by atoms with E-state index in [0.29, 0.717) is 24.3 Å². The van der Waals surface area contributed by atoms with Crippen molar-refractivity contribution in [2.24, 2.45) is 0 Å². The van der Waals surface area contributed by atoms with Crippen LogP contribution in [0.25, 0.3) is 0 Å². The number of carbonyl (C=O) groups excluding carboxylic acids is 2. The van der Waals surface area contributed by atoms with Crippen LogP contribution in [-0.4, -0.2) is 65.3 Å². The predicted molar refractivity (Wildman–Crippen MR) is 126 cm³/mol. The number of amides is 1. The summed E-state index contributed by atoms with van der Waals surface area (Å²) in [5.41, 5.74) is 3.78. The molecule has 4 heterocycles. The van der Waals surface area contributed by atoms with Crippen molar-refractivity contribution in [2.75, 3.05) is 36.0 Å². The summed E-state index contributed by atoms with van der Waals surface area (Å²) in [4.78, 5) is 40.3. The van der Waals surface area contributed by atoms with Crippen LogP contribution < -0.4 is 9.80 Å². The molecule has 0 radical (unpaired) electrons. The van der Waals surface area contributed by atoms with Gasteiger partial charge in [-0.1, -0.05) is 13.0 Å². The molecule has 2 atom stereocenters. The van der Waals surface area contributed by atoms with Crippen LogP contribution in [0.5, 0.6) is 0 Å². The standard InChI is InChI=1S/C25H33N5O2/c1-5-20-14-17(2)24(26-15-20)28-10-12-29(13-11-28)25(32)22-8-9-23(27-19(22)4)30-18(3)6-7-21(30)16-31/h8-9,14-16,18,21H,5-7,10-13H2,1-4H3. The average molecular weight is 436 g/mol. The molecule has 7 nitrogen and oxygen atoms in total. The lowest BCUT2D eigenvalue weighted by Crippen LogP contribution is -2.49. The Morgan fingerprint density at radius 1 is 1.16 bits per heavy atom. The lowest BCUT2D eigenvalue weighted by Gasteiger charge is -2.36. The second-order valence-corrected chi connectivity index (χ2v) is 8.96. The van der Waals surface area contributed by atoms with Crippen molar-refractivity contribution in [1.82, 2.24) is 14.9 Å². The van der Waals surface area contributed by atoms with E-state index < -0.39 is 0 Å². The van der Waals surface area contributed by atoms with E-state index >= 15 is 0 Å². The molecule has 0 aliphatic carbocycles. The smallest absolute Gasteiger partial charge is 0.255 e. The first-order valence-electron chi connectivity index (χ1n) is 11.6. The highest BCUT2D eigenvalue weighted by atomic mass is 16.2. The number of aromatic nitrogens is 2. The molecule has 0 saturated carbocycles. The summed E-state index contributed by atoms with van der Waals surface area (Å²) in [6, 6.07) is 6.10. The monoisotopic (exact) mass is 435 g/mol. The maximum absolute atomic E-state index is 13.2. The molecule has 0 N–H and O–H groups in total. The molecule has 2 aromatic heterocycles. The number of pyridine rings is 2. The van der Waals surface area contributed by atoms with Crippen LogP contribution in [0, 0.1) is 13.8 Å². The van der Waals surface area contributed by atoms with Gasteiger partial charge in [-0.2, -0.15) is 0 Å². The quantitative estimate of drug-likeness (QED) is 0.672. The minimum Gasteiger partial charge on any atom is -0.353 e. The summed E-state index contributed by atoms with van der Waals surface area (Å²) in [6.45, 7) is 11.1. The Morgan fingerprint density at radius 2 is 1.91 bits per heavy atom. The van der Waals surface area contributed by atoms with Crippen molar-refractivity contribution in [3.8, 4) is 0 Å². The third kappa shape index (κ3) is 4.20. The minimum atomic E-state index is -0.130. The van der Waals surface area contributed by atoms with Gasteiger partial charge >= 0.3 is 0 Å². The highest BCUT2D eigenvalue weighted by Crippen LogP contribution is 2.29. The van der Waals surface area contributed by atoms with Crippen LogP contribution in [0.15, 0.2) is 24.4 Å². The molecule has 2 aromatic rings. The van der Waals surface area contributed by atoms with Gasteiger partial charge in [0.2, 0.25) is 0 Å². The van der Waals surface area contributed by atoms with Gasteiger partial charge in [0.1, 0.15) is 17.9 Å². The molecule has 32 heavy (non-hydrogen) atoms. The topological polar surface area (TPSA) is 69.6 Å². The molecule has 0 spiro atoms.